The second-order valence-corrected chi connectivity index (χ2v) is 3.95. The minimum absolute atomic E-state index is 0.0434. The quantitative estimate of drug-likeness (QED) is 0.657. The van der Waals surface area contributed by atoms with E-state index >= 15 is 0 Å². The molecule has 0 aromatic heterocycles. The predicted molar refractivity (Wildman–Crippen MR) is 58.7 cm³/mol. The third-order valence-corrected chi connectivity index (χ3v) is 2.65. The second kappa shape index (κ2) is 4.67. The van der Waals surface area contributed by atoms with Gasteiger partial charge in [-0.25, -0.2) is 4.39 Å². The van der Waals surface area contributed by atoms with E-state index in [0.29, 0.717) is 18.7 Å². The highest BCUT2D eigenvalue weighted by atomic mass is 19.1. The van der Waals surface area contributed by atoms with E-state index in [1.807, 2.05) is 0 Å². The van der Waals surface area contributed by atoms with E-state index in [4.69, 9.17) is 15.6 Å². The number of aliphatic hydroxyl groups excluding tert-OH is 1. The summed E-state index contributed by atoms with van der Waals surface area (Å²) in [6.45, 7) is 0.694. The smallest absolute Gasteiger partial charge is 0.167 e. The van der Waals surface area contributed by atoms with E-state index in [1.54, 1.807) is 6.07 Å². The highest BCUT2D eigenvalue weighted by Crippen LogP contribution is 2.22. The van der Waals surface area contributed by atoms with Crippen LogP contribution in [0.1, 0.15) is 6.42 Å². The van der Waals surface area contributed by atoms with Crippen LogP contribution in [-0.4, -0.2) is 30.4 Å². The number of halogens is 1. The summed E-state index contributed by atoms with van der Waals surface area (Å²) in [5.41, 5.74) is 5.82. The average Bonchev–Trinajstić information content (AvgIpc) is 2.70. The van der Waals surface area contributed by atoms with Gasteiger partial charge < -0.3 is 20.9 Å². The molecule has 0 saturated carbocycles. The van der Waals surface area contributed by atoms with Gasteiger partial charge in [0.25, 0.3) is 0 Å². The molecular weight excluding hydrogens is 211 g/mol. The topological polar surface area (TPSA) is 67.5 Å². The van der Waals surface area contributed by atoms with E-state index in [9.17, 15) is 4.39 Å². The summed E-state index contributed by atoms with van der Waals surface area (Å²) in [5.74, 6) is -0.243. The van der Waals surface area contributed by atoms with Crippen molar-refractivity contribution in [3.8, 4) is 5.75 Å². The Balaban J connectivity index is 1.99. The van der Waals surface area contributed by atoms with Gasteiger partial charge in [0.2, 0.25) is 0 Å². The van der Waals surface area contributed by atoms with Crippen LogP contribution in [0.5, 0.6) is 5.75 Å². The summed E-state index contributed by atoms with van der Waals surface area (Å²) in [5, 5.41) is 12.0. The van der Waals surface area contributed by atoms with E-state index in [1.165, 1.54) is 12.1 Å². The van der Waals surface area contributed by atoms with Crippen molar-refractivity contribution >= 4 is 5.69 Å². The van der Waals surface area contributed by atoms with Crippen molar-refractivity contribution in [3.05, 3.63) is 24.0 Å². The van der Waals surface area contributed by atoms with Crippen LogP contribution in [0.4, 0.5) is 10.1 Å². The summed E-state index contributed by atoms with van der Waals surface area (Å²) in [7, 11) is 0. The maximum Gasteiger partial charge on any atom is 0.167 e. The molecule has 16 heavy (non-hydrogen) atoms. The van der Waals surface area contributed by atoms with Crippen LogP contribution in [-0.2, 0) is 0 Å². The van der Waals surface area contributed by atoms with Crippen LogP contribution in [0.15, 0.2) is 18.2 Å². The fourth-order valence-corrected chi connectivity index (χ4v) is 1.80. The lowest BCUT2D eigenvalue weighted by atomic mass is 10.2. The van der Waals surface area contributed by atoms with Crippen molar-refractivity contribution in [2.45, 2.75) is 18.6 Å². The molecule has 0 spiro atoms. The van der Waals surface area contributed by atoms with E-state index in [-0.39, 0.29) is 24.5 Å². The number of nitrogens with one attached hydrogen (secondary N) is 1. The Morgan fingerprint density at radius 3 is 3.00 bits per heavy atom. The Morgan fingerprint density at radius 1 is 1.56 bits per heavy atom. The molecule has 2 rings (SSSR count). The van der Waals surface area contributed by atoms with Crippen LogP contribution in [0.3, 0.4) is 0 Å². The highest BCUT2D eigenvalue weighted by Gasteiger charge is 2.25. The molecule has 0 bridgehead atoms. The Kier molecular flexibility index (Phi) is 3.26. The Bertz CT molecular complexity index is 373. The lowest BCUT2D eigenvalue weighted by molar-refractivity contribution is 0.199. The molecule has 1 heterocycles. The molecule has 0 radical (unpaired) electrons. The van der Waals surface area contributed by atoms with Crippen LogP contribution < -0.4 is 15.8 Å². The lowest BCUT2D eigenvalue weighted by Crippen LogP contribution is -2.25. The molecule has 1 aliphatic rings. The van der Waals surface area contributed by atoms with Crippen LogP contribution in [0, 0.1) is 5.82 Å². The van der Waals surface area contributed by atoms with Gasteiger partial charge in [-0.2, -0.15) is 0 Å². The summed E-state index contributed by atoms with van der Waals surface area (Å²) >= 11 is 0. The van der Waals surface area contributed by atoms with Crippen molar-refractivity contribution in [3.63, 3.8) is 0 Å². The maximum atomic E-state index is 13.4. The largest absolute Gasteiger partial charge is 0.486 e. The first kappa shape index (κ1) is 11.2. The van der Waals surface area contributed by atoms with Crippen molar-refractivity contribution in [1.29, 1.82) is 0 Å². The number of hydrogen-bond acceptors (Lipinski definition) is 4. The fourth-order valence-electron chi connectivity index (χ4n) is 1.80. The maximum absolute atomic E-state index is 13.4. The highest BCUT2D eigenvalue weighted by molar-refractivity contribution is 5.42. The molecule has 1 aromatic rings. The molecule has 5 heteroatoms. The third-order valence-electron chi connectivity index (χ3n) is 2.65. The van der Waals surface area contributed by atoms with Gasteiger partial charge in [0.1, 0.15) is 6.10 Å². The Morgan fingerprint density at radius 2 is 2.38 bits per heavy atom. The molecule has 88 valence electrons. The van der Waals surface area contributed by atoms with Crippen molar-refractivity contribution in [1.82, 2.24) is 5.32 Å². The Labute approximate surface area is 93.2 Å². The summed E-state index contributed by atoms with van der Waals surface area (Å²) < 4.78 is 18.9. The van der Waals surface area contributed by atoms with Gasteiger partial charge in [-0.05, 0) is 12.1 Å². The van der Waals surface area contributed by atoms with Crippen LogP contribution in [0.2, 0.25) is 0 Å². The number of hydrogen-bond donors (Lipinski definition) is 3. The van der Waals surface area contributed by atoms with Gasteiger partial charge >= 0.3 is 0 Å². The molecule has 1 aromatic carbocycles. The monoisotopic (exact) mass is 226 g/mol. The lowest BCUT2D eigenvalue weighted by Gasteiger charge is -2.13. The molecule has 2 atom stereocenters. The van der Waals surface area contributed by atoms with Gasteiger partial charge in [0, 0.05) is 30.8 Å². The first-order valence-electron chi connectivity index (χ1n) is 5.25. The van der Waals surface area contributed by atoms with Crippen LogP contribution in [0.25, 0.3) is 0 Å². The predicted octanol–water partition coefficient (Wildman–Crippen LogP) is 0.509. The van der Waals surface area contributed by atoms with E-state index < -0.39 is 5.82 Å². The van der Waals surface area contributed by atoms with Crippen molar-refractivity contribution in [2.24, 2.45) is 0 Å². The molecule has 4 N–H and O–H groups in total. The van der Waals surface area contributed by atoms with Crippen molar-refractivity contribution < 1.29 is 14.2 Å². The Hall–Kier alpha value is -1.33. The zero-order valence-corrected chi connectivity index (χ0v) is 8.82. The molecule has 0 amide bonds. The first-order chi connectivity index (χ1) is 7.69. The van der Waals surface area contributed by atoms with Gasteiger partial charge in [-0.1, -0.05) is 0 Å². The zero-order chi connectivity index (χ0) is 11.5. The summed E-state index contributed by atoms with van der Waals surface area (Å²) in [6.07, 6.45) is 0.579. The molecule has 4 nitrogen and oxygen atoms in total. The molecule has 0 unspecified atom stereocenters. The fraction of sp³-hybridized carbons (Fsp3) is 0.455. The molecule has 0 aliphatic carbocycles. The van der Waals surface area contributed by atoms with E-state index in [2.05, 4.69) is 5.32 Å². The molecule has 1 saturated heterocycles. The minimum Gasteiger partial charge on any atom is -0.486 e. The number of benzene rings is 1. The SMILES string of the molecule is Nc1ccc(O[C@H]2CN[C@H](CO)C2)c(F)c1. The van der Waals surface area contributed by atoms with Crippen molar-refractivity contribution in [2.75, 3.05) is 18.9 Å². The number of ether oxygens (including phenoxy) is 1. The molecule has 1 aliphatic heterocycles. The van der Waals surface area contributed by atoms with Gasteiger partial charge in [-0.3, -0.25) is 0 Å². The number of anilines is 1. The van der Waals surface area contributed by atoms with Gasteiger partial charge in [0.15, 0.2) is 11.6 Å². The summed E-state index contributed by atoms with van der Waals surface area (Å²) in [6, 6.07) is 4.41. The van der Waals surface area contributed by atoms with E-state index in [0.717, 1.165) is 0 Å². The minimum atomic E-state index is -0.451. The third kappa shape index (κ3) is 2.43. The normalized spacial score (nSPS) is 24.6. The summed E-state index contributed by atoms with van der Waals surface area (Å²) in [4.78, 5) is 0. The second-order valence-electron chi connectivity index (χ2n) is 3.95. The zero-order valence-electron chi connectivity index (χ0n) is 8.82. The van der Waals surface area contributed by atoms with Gasteiger partial charge in [-0.15, -0.1) is 0 Å². The number of nitrogens with two attached hydrogens (primary N) is 1. The number of nitrogen functional groups attached to an aromatic ring is 1. The standard InChI is InChI=1S/C11H15FN2O2/c12-10-3-7(13)1-2-11(10)16-9-4-8(6-15)14-5-9/h1-3,8-9,14-15H,4-6,13H2/t8-,9+/m0/s1. The number of rotatable bonds is 3. The first-order valence-corrected chi connectivity index (χ1v) is 5.25. The number of aliphatic hydroxyl groups is 1. The van der Waals surface area contributed by atoms with Gasteiger partial charge in [0.05, 0.1) is 6.61 Å². The average molecular weight is 226 g/mol. The molecular formula is C11H15FN2O2. The molecule has 1 fully saturated rings. The van der Waals surface area contributed by atoms with Crippen LogP contribution >= 0.6 is 0 Å².